The van der Waals surface area contributed by atoms with Gasteiger partial charge in [-0.1, -0.05) is 41.9 Å². The Bertz CT molecular complexity index is 408. The van der Waals surface area contributed by atoms with Crippen LogP contribution in [0, 0.1) is 0 Å². The van der Waals surface area contributed by atoms with Gasteiger partial charge in [0.2, 0.25) is 0 Å². The lowest BCUT2D eigenvalue weighted by atomic mass is 9.89. The normalized spacial score (nSPS) is 12.8. The minimum atomic E-state index is -4.51. The van der Waals surface area contributed by atoms with Crippen LogP contribution < -0.4 is 0 Å². The van der Waals surface area contributed by atoms with Gasteiger partial charge in [-0.25, -0.2) is 4.57 Å². The van der Waals surface area contributed by atoms with Gasteiger partial charge in [0, 0.05) is 4.47 Å². The molecule has 0 atom stereocenters. The first-order valence-corrected chi connectivity index (χ1v) is 7.67. The highest BCUT2D eigenvalue weighted by atomic mass is 79.9. The van der Waals surface area contributed by atoms with Gasteiger partial charge in [-0.15, -0.1) is 0 Å². The van der Waals surface area contributed by atoms with Gasteiger partial charge >= 0.3 is 7.82 Å². The Labute approximate surface area is 109 Å². The predicted molar refractivity (Wildman–Crippen MR) is 69.5 cm³/mol. The Morgan fingerprint density at radius 2 is 1.71 bits per heavy atom. The zero-order chi connectivity index (χ0) is 13.1. The quantitative estimate of drug-likeness (QED) is 0.813. The van der Waals surface area contributed by atoms with Crippen molar-refractivity contribution >= 4 is 23.8 Å². The molecule has 2 N–H and O–H groups in total. The highest BCUT2D eigenvalue weighted by Crippen LogP contribution is 2.48. The van der Waals surface area contributed by atoms with Crippen molar-refractivity contribution in [3.8, 4) is 0 Å². The highest BCUT2D eigenvalue weighted by molar-refractivity contribution is 9.10. The average Bonchev–Trinajstić information content (AvgIpc) is 2.26. The Kier molecular flexibility index (Phi) is 4.93. The maximum atomic E-state index is 11.1. The number of phosphoric acid groups is 1. The Morgan fingerprint density at radius 1 is 1.24 bits per heavy atom. The lowest BCUT2D eigenvalue weighted by molar-refractivity contribution is 0.0231. The zero-order valence-electron chi connectivity index (χ0n) is 9.76. The van der Waals surface area contributed by atoms with Crippen LogP contribution in [-0.4, -0.2) is 9.79 Å². The minimum Gasteiger partial charge on any atom is -0.303 e. The van der Waals surface area contributed by atoms with Gasteiger partial charge in [-0.2, -0.15) is 0 Å². The molecule has 0 radical (unpaired) electrons. The Morgan fingerprint density at radius 3 is 2.06 bits per heavy atom. The molecule has 1 aromatic rings. The first kappa shape index (κ1) is 14.9. The maximum Gasteiger partial charge on any atom is 0.470 e. The van der Waals surface area contributed by atoms with E-state index in [1.165, 1.54) is 0 Å². The van der Waals surface area contributed by atoms with E-state index in [4.69, 9.17) is 14.3 Å². The van der Waals surface area contributed by atoms with Crippen molar-refractivity contribution in [2.45, 2.75) is 32.3 Å². The van der Waals surface area contributed by atoms with Crippen LogP contribution in [0.5, 0.6) is 0 Å². The van der Waals surface area contributed by atoms with Crippen molar-refractivity contribution in [1.82, 2.24) is 0 Å². The summed E-state index contributed by atoms with van der Waals surface area (Å²) < 4.78 is 17.0. The van der Waals surface area contributed by atoms with Crippen molar-refractivity contribution in [1.29, 1.82) is 0 Å². The average molecular weight is 323 g/mol. The van der Waals surface area contributed by atoms with Gasteiger partial charge in [0.05, 0.1) is 0 Å². The number of rotatable bonds is 5. The van der Waals surface area contributed by atoms with Gasteiger partial charge in [-0.3, -0.25) is 4.52 Å². The molecule has 0 unspecified atom stereocenters. The maximum absolute atomic E-state index is 11.1. The van der Waals surface area contributed by atoms with E-state index in [0.29, 0.717) is 12.8 Å². The smallest absolute Gasteiger partial charge is 0.303 e. The van der Waals surface area contributed by atoms with Crippen LogP contribution in [-0.2, 0) is 14.7 Å². The molecule has 0 amide bonds. The van der Waals surface area contributed by atoms with E-state index in [-0.39, 0.29) is 0 Å². The van der Waals surface area contributed by atoms with Gasteiger partial charge in [0.1, 0.15) is 5.60 Å². The predicted octanol–water partition coefficient (Wildman–Crippen LogP) is 3.57. The molecule has 0 saturated heterocycles. The Balaban J connectivity index is 3.15. The third-order valence-electron chi connectivity index (χ3n) is 2.81. The molecule has 17 heavy (non-hydrogen) atoms. The van der Waals surface area contributed by atoms with E-state index in [0.717, 1.165) is 10.0 Å². The molecule has 0 fully saturated rings. The largest absolute Gasteiger partial charge is 0.470 e. The summed E-state index contributed by atoms with van der Waals surface area (Å²) >= 11 is 3.32. The second-order valence-corrected chi connectivity index (χ2v) is 5.87. The molecule has 4 nitrogen and oxygen atoms in total. The van der Waals surface area contributed by atoms with E-state index in [2.05, 4.69) is 15.9 Å². The molecule has 0 heterocycles. The van der Waals surface area contributed by atoms with E-state index in [9.17, 15) is 4.57 Å². The van der Waals surface area contributed by atoms with Gasteiger partial charge < -0.3 is 9.79 Å². The van der Waals surface area contributed by atoms with Gasteiger partial charge in [0.15, 0.2) is 0 Å². The summed E-state index contributed by atoms with van der Waals surface area (Å²) in [5.74, 6) is 0. The molecule has 0 spiro atoms. The van der Waals surface area contributed by atoms with E-state index in [1.807, 2.05) is 38.1 Å². The second-order valence-electron chi connectivity index (χ2n) is 3.79. The van der Waals surface area contributed by atoms with Crippen LogP contribution in [0.3, 0.4) is 0 Å². The zero-order valence-corrected chi connectivity index (χ0v) is 12.2. The van der Waals surface area contributed by atoms with Crippen LogP contribution in [0.2, 0.25) is 0 Å². The van der Waals surface area contributed by atoms with E-state index >= 15 is 0 Å². The topological polar surface area (TPSA) is 66.8 Å². The molecule has 0 aliphatic heterocycles. The summed E-state index contributed by atoms with van der Waals surface area (Å²) in [6.07, 6.45) is 0.993. The molecule has 1 aromatic carbocycles. The minimum absolute atomic E-state index is 0.496. The number of hydrogen-bond acceptors (Lipinski definition) is 2. The van der Waals surface area contributed by atoms with Crippen LogP contribution in [0.4, 0.5) is 0 Å². The van der Waals surface area contributed by atoms with Crippen molar-refractivity contribution in [3.05, 3.63) is 34.3 Å². The molecule has 0 aromatic heterocycles. The third kappa shape index (κ3) is 3.90. The third-order valence-corrected chi connectivity index (χ3v) is 3.92. The standard InChI is InChI=1S/C11H16BrO4P/c1-3-11(4-2,16-17(13,14)15)9-5-7-10(12)8-6-9/h5-8H,3-4H2,1-2H3,(H2,13,14,15). The fraction of sp³-hybridized carbons (Fsp3) is 0.455. The Hall–Kier alpha value is -0.190. The molecule has 1 rings (SSSR count). The molecule has 96 valence electrons. The molecule has 0 bridgehead atoms. The van der Waals surface area contributed by atoms with Crippen molar-refractivity contribution in [2.24, 2.45) is 0 Å². The molecule has 0 aliphatic rings. The lowest BCUT2D eigenvalue weighted by Crippen LogP contribution is -2.27. The van der Waals surface area contributed by atoms with E-state index in [1.54, 1.807) is 0 Å². The fourth-order valence-corrected chi connectivity index (χ4v) is 2.90. The molecular weight excluding hydrogens is 307 g/mol. The monoisotopic (exact) mass is 322 g/mol. The van der Waals surface area contributed by atoms with E-state index < -0.39 is 13.4 Å². The second kappa shape index (κ2) is 5.63. The van der Waals surface area contributed by atoms with Crippen molar-refractivity contribution < 1.29 is 18.9 Å². The summed E-state index contributed by atoms with van der Waals surface area (Å²) in [6, 6.07) is 7.29. The summed E-state index contributed by atoms with van der Waals surface area (Å²) in [5, 5.41) is 0. The SMILES string of the molecule is CCC(CC)(OP(=O)(O)O)c1ccc(Br)cc1. The number of phosphoric ester groups is 1. The molecule has 0 aliphatic carbocycles. The summed E-state index contributed by atoms with van der Waals surface area (Å²) in [5.41, 5.74) is -0.159. The summed E-state index contributed by atoms with van der Waals surface area (Å²) in [4.78, 5) is 18.0. The van der Waals surface area contributed by atoms with Crippen LogP contribution in [0.1, 0.15) is 32.3 Å². The number of halogens is 1. The van der Waals surface area contributed by atoms with Gasteiger partial charge in [0.25, 0.3) is 0 Å². The molecule has 0 saturated carbocycles. The number of benzene rings is 1. The number of hydrogen-bond donors (Lipinski definition) is 2. The van der Waals surface area contributed by atoms with Gasteiger partial charge in [-0.05, 0) is 30.5 Å². The molecular formula is C11H16BrO4P. The van der Waals surface area contributed by atoms with Crippen molar-refractivity contribution in [3.63, 3.8) is 0 Å². The molecule has 6 heteroatoms. The summed E-state index contributed by atoms with van der Waals surface area (Å²) in [7, 11) is -4.51. The fourth-order valence-electron chi connectivity index (χ4n) is 1.82. The lowest BCUT2D eigenvalue weighted by Gasteiger charge is -2.32. The van der Waals surface area contributed by atoms with Crippen LogP contribution in [0.15, 0.2) is 28.7 Å². The highest BCUT2D eigenvalue weighted by Gasteiger charge is 2.36. The first-order valence-electron chi connectivity index (χ1n) is 5.35. The summed E-state index contributed by atoms with van der Waals surface area (Å²) in [6.45, 7) is 3.70. The van der Waals surface area contributed by atoms with Crippen molar-refractivity contribution in [2.75, 3.05) is 0 Å². The van der Waals surface area contributed by atoms with Crippen LogP contribution >= 0.6 is 23.8 Å². The van der Waals surface area contributed by atoms with Crippen LogP contribution in [0.25, 0.3) is 0 Å². The first-order chi connectivity index (χ1) is 7.83.